The third kappa shape index (κ3) is 2.75. The third-order valence-corrected chi connectivity index (χ3v) is 3.89. The molecule has 0 saturated heterocycles. The van der Waals surface area contributed by atoms with Crippen molar-refractivity contribution in [2.75, 3.05) is 12.4 Å². The average Bonchev–Trinajstić information content (AvgIpc) is 2.58. The van der Waals surface area contributed by atoms with Crippen LogP contribution < -0.4 is 10.1 Å². The number of hydrogen-bond acceptors (Lipinski definition) is 3. The monoisotopic (exact) mass is 306 g/mol. The molecule has 1 aromatic heterocycles. The molecule has 0 spiro atoms. The number of amides is 1. The largest absolute Gasteiger partial charge is 0.496 e. The first kappa shape index (κ1) is 15.0. The summed E-state index contributed by atoms with van der Waals surface area (Å²) < 4.78 is 5.26. The summed E-state index contributed by atoms with van der Waals surface area (Å²) in [5.41, 5.74) is 4.16. The normalized spacial score (nSPS) is 10.6. The predicted octanol–water partition coefficient (Wildman–Crippen LogP) is 4.11. The number of rotatable bonds is 3. The molecular weight excluding hydrogens is 288 g/mol. The molecule has 23 heavy (non-hydrogen) atoms. The van der Waals surface area contributed by atoms with Gasteiger partial charge in [-0.05, 0) is 43.2 Å². The number of carbonyl (C=O) groups excluding carboxylic acids is 1. The highest BCUT2D eigenvalue weighted by Gasteiger charge is 2.15. The number of pyridine rings is 1. The van der Waals surface area contributed by atoms with Gasteiger partial charge in [-0.2, -0.15) is 0 Å². The van der Waals surface area contributed by atoms with E-state index < -0.39 is 0 Å². The van der Waals surface area contributed by atoms with Crippen LogP contribution in [0.4, 0.5) is 5.69 Å². The van der Waals surface area contributed by atoms with Gasteiger partial charge in [-0.15, -0.1) is 0 Å². The van der Waals surface area contributed by atoms with E-state index in [2.05, 4.69) is 16.4 Å². The van der Waals surface area contributed by atoms with Crippen molar-refractivity contribution < 1.29 is 9.53 Å². The van der Waals surface area contributed by atoms with Crippen LogP contribution in [0.15, 0.2) is 48.7 Å². The number of benzene rings is 2. The fourth-order valence-corrected chi connectivity index (χ4v) is 2.76. The number of aryl methyl sites for hydroxylation is 2. The van der Waals surface area contributed by atoms with Crippen LogP contribution in [-0.2, 0) is 0 Å². The summed E-state index contributed by atoms with van der Waals surface area (Å²) in [7, 11) is 1.56. The number of nitrogens with one attached hydrogen (secondary N) is 1. The Labute approximate surface area is 135 Å². The molecule has 0 fully saturated rings. The molecule has 1 heterocycles. The Hall–Kier alpha value is -2.88. The summed E-state index contributed by atoms with van der Waals surface area (Å²) in [6.07, 6.45) is 1.74. The fraction of sp³-hybridized carbons (Fsp3) is 0.158. The average molecular weight is 306 g/mol. The van der Waals surface area contributed by atoms with E-state index in [4.69, 9.17) is 4.74 Å². The summed E-state index contributed by atoms with van der Waals surface area (Å²) in [6.45, 7) is 4.02. The summed E-state index contributed by atoms with van der Waals surface area (Å²) in [5.74, 6) is 0.341. The van der Waals surface area contributed by atoms with Crippen molar-refractivity contribution in [3.05, 3.63) is 65.4 Å². The molecule has 0 bridgehead atoms. The number of hydrogen-bond donors (Lipinski definition) is 1. The zero-order valence-corrected chi connectivity index (χ0v) is 13.4. The number of carbonyl (C=O) groups is 1. The highest BCUT2D eigenvalue weighted by atomic mass is 16.5. The van der Waals surface area contributed by atoms with Crippen LogP contribution in [0.3, 0.4) is 0 Å². The molecular formula is C19H18N2O2. The summed E-state index contributed by atoms with van der Waals surface area (Å²) in [4.78, 5) is 17.1. The molecule has 3 aromatic rings. The molecule has 1 N–H and O–H groups in total. The lowest BCUT2D eigenvalue weighted by Crippen LogP contribution is -2.14. The lowest BCUT2D eigenvalue weighted by atomic mass is 10.0. The Kier molecular flexibility index (Phi) is 3.98. The number of aromatic nitrogens is 1. The van der Waals surface area contributed by atoms with Gasteiger partial charge in [0.1, 0.15) is 5.75 Å². The molecule has 116 valence electrons. The topological polar surface area (TPSA) is 51.2 Å². The van der Waals surface area contributed by atoms with Gasteiger partial charge in [0.2, 0.25) is 0 Å². The minimum atomic E-state index is -0.207. The van der Waals surface area contributed by atoms with Crippen molar-refractivity contribution in [2.45, 2.75) is 13.8 Å². The van der Waals surface area contributed by atoms with Gasteiger partial charge in [-0.1, -0.05) is 24.3 Å². The maximum atomic E-state index is 12.7. The number of ether oxygens (including phenoxy) is 1. The molecule has 1 amide bonds. The van der Waals surface area contributed by atoms with Crippen molar-refractivity contribution in [1.82, 2.24) is 4.98 Å². The van der Waals surface area contributed by atoms with E-state index in [1.165, 1.54) is 0 Å². The molecule has 4 nitrogen and oxygen atoms in total. The van der Waals surface area contributed by atoms with Crippen LogP contribution in [-0.4, -0.2) is 18.0 Å². The molecule has 0 aliphatic rings. The van der Waals surface area contributed by atoms with E-state index in [1.807, 2.05) is 38.1 Å². The van der Waals surface area contributed by atoms with Crippen LogP contribution in [0.1, 0.15) is 21.5 Å². The van der Waals surface area contributed by atoms with E-state index >= 15 is 0 Å². The maximum Gasteiger partial charge on any atom is 0.259 e. The second-order valence-corrected chi connectivity index (χ2v) is 5.44. The van der Waals surface area contributed by atoms with Crippen LogP contribution in [0, 0.1) is 13.8 Å². The van der Waals surface area contributed by atoms with Crippen molar-refractivity contribution in [2.24, 2.45) is 0 Å². The number of para-hydroxylation sites is 1. The minimum Gasteiger partial charge on any atom is -0.496 e. The van der Waals surface area contributed by atoms with Gasteiger partial charge in [0.25, 0.3) is 5.91 Å². The van der Waals surface area contributed by atoms with E-state index in [0.29, 0.717) is 11.3 Å². The second-order valence-electron chi connectivity index (χ2n) is 5.44. The van der Waals surface area contributed by atoms with Gasteiger partial charge < -0.3 is 10.1 Å². The second kappa shape index (κ2) is 6.08. The summed E-state index contributed by atoms with van der Waals surface area (Å²) >= 11 is 0. The molecule has 2 aromatic carbocycles. The van der Waals surface area contributed by atoms with E-state index in [1.54, 1.807) is 25.4 Å². The maximum absolute atomic E-state index is 12.7. The minimum absolute atomic E-state index is 0.207. The van der Waals surface area contributed by atoms with Gasteiger partial charge in [-0.25, -0.2) is 0 Å². The van der Waals surface area contributed by atoms with E-state index in [0.717, 1.165) is 27.7 Å². The Balaban J connectivity index is 2.07. The standard InChI is InChI=1S/C19H18N2O2/c1-12-11-13(2)17(18-14(12)8-6-10-20-18)21-19(22)15-7-4-5-9-16(15)23-3/h4-11H,1-3H3,(H,21,22). The van der Waals surface area contributed by atoms with Gasteiger partial charge in [-0.3, -0.25) is 9.78 Å². The first-order valence-corrected chi connectivity index (χ1v) is 7.41. The Morgan fingerprint density at radius 3 is 2.65 bits per heavy atom. The van der Waals surface area contributed by atoms with Gasteiger partial charge >= 0.3 is 0 Å². The van der Waals surface area contributed by atoms with Gasteiger partial charge in [0.05, 0.1) is 23.9 Å². The fourth-order valence-electron chi connectivity index (χ4n) is 2.76. The third-order valence-electron chi connectivity index (χ3n) is 3.89. The lowest BCUT2D eigenvalue weighted by Gasteiger charge is -2.14. The van der Waals surface area contributed by atoms with Crippen LogP contribution in [0.5, 0.6) is 5.75 Å². The van der Waals surface area contributed by atoms with Crippen molar-refractivity contribution in [1.29, 1.82) is 0 Å². The summed E-state index contributed by atoms with van der Waals surface area (Å²) in [5, 5.41) is 4.03. The molecule has 0 aliphatic heterocycles. The molecule has 3 rings (SSSR count). The highest BCUT2D eigenvalue weighted by molar-refractivity contribution is 6.10. The molecule has 0 aliphatic carbocycles. The molecule has 0 unspecified atom stereocenters. The number of fused-ring (bicyclic) bond motifs is 1. The predicted molar refractivity (Wildman–Crippen MR) is 92.2 cm³/mol. The number of methoxy groups -OCH3 is 1. The zero-order chi connectivity index (χ0) is 16.4. The lowest BCUT2D eigenvalue weighted by molar-refractivity contribution is 0.102. The molecule has 0 saturated carbocycles. The first-order valence-electron chi connectivity index (χ1n) is 7.41. The zero-order valence-electron chi connectivity index (χ0n) is 13.4. The Bertz CT molecular complexity index is 888. The van der Waals surface area contributed by atoms with Crippen molar-refractivity contribution in [3.8, 4) is 5.75 Å². The van der Waals surface area contributed by atoms with Crippen molar-refractivity contribution in [3.63, 3.8) is 0 Å². The van der Waals surface area contributed by atoms with Gasteiger partial charge in [0, 0.05) is 11.6 Å². The summed E-state index contributed by atoms with van der Waals surface area (Å²) in [6, 6.07) is 13.1. The quantitative estimate of drug-likeness (QED) is 0.792. The molecule has 0 radical (unpaired) electrons. The first-order chi connectivity index (χ1) is 11.1. The number of nitrogens with zero attached hydrogens (tertiary/aromatic N) is 1. The van der Waals surface area contributed by atoms with Crippen molar-refractivity contribution >= 4 is 22.5 Å². The smallest absolute Gasteiger partial charge is 0.259 e. The SMILES string of the molecule is COc1ccccc1C(=O)Nc1c(C)cc(C)c2cccnc12. The van der Waals surface area contributed by atoms with Gasteiger partial charge in [0.15, 0.2) is 0 Å². The highest BCUT2D eigenvalue weighted by Crippen LogP contribution is 2.29. The Morgan fingerprint density at radius 1 is 1.09 bits per heavy atom. The number of anilines is 1. The van der Waals surface area contributed by atoms with Crippen LogP contribution in [0.2, 0.25) is 0 Å². The van der Waals surface area contributed by atoms with Crippen LogP contribution in [0.25, 0.3) is 10.9 Å². The Morgan fingerprint density at radius 2 is 1.87 bits per heavy atom. The molecule has 4 heteroatoms. The van der Waals surface area contributed by atoms with E-state index in [-0.39, 0.29) is 5.91 Å². The van der Waals surface area contributed by atoms with E-state index in [9.17, 15) is 4.79 Å². The molecule has 0 atom stereocenters. The van der Waals surface area contributed by atoms with Crippen LogP contribution >= 0.6 is 0 Å².